The molecule has 1 N–H and O–H groups in total. The van der Waals surface area contributed by atoms with E-state index in [1.54, 1.807) is 12.0 Å². The average molecular weight is 275 g/mol. The van der Waals surface area contributed by atoms with E-state index in [9.17, 15) is 4.79 Å². The van der Waals surface area contributed by atoms with Gasteiger partial charge in [-0.3, -0.25) is 0 Å². The molecule has 0 aromatic heterocycles. The molecule has 20 heavy (non-hydrogen) atoms. The lowest BCUT2D eigenvalue weighted by Gasteiger charge is -2.52. The molecule has 2 fully saturated rings. The van der Waals surface area contributed by atoms with E-state index in [0.717, 1.165) is 18.6 Å². The normalized spacial score (nSPS) is 21.6. The van der Waals surface area contributed by atoms with Crippen molar-refractivity contribution < 1.29 is 14.6 Å². The molecule has 1 saturated carbocycles. The minimum absolute atomic E-state index is 0.372. The summed E-state index contributed by atoms with van der Waals surface area (Å²) in [6, 6.07) is 8.24. The SMILES string of the molecule is COc1ccccc1C1CC2(CCN(C(=O)O)CC2)C1. The van der Waals surface area contributed by atoms with E-state index in [2.05, 4.69) is 12.1 Å². The van der Waals surface area contributed by atoms with Crippen LogP contribution in [0.2, 0.25) is 0 Å². The fraction of sp³-hybridized carbons (Fsp3) is 0.562. The number of methoxy groups -OCH3 is 1. The molecule has 4 heteroatoms. The van der Waals surface area contributed by atoms with Gasteiger partial charge in [-0.1, -0.05) is 18.2 Å². The maximum Gasteiger partial charge on any atom is 0.407 e. The zero-order valence-electron chi connectivity index (χ0n) is 11.8. The molecule has 1 heterocycles. The Kier molecular flexibility index (Phi) is 3.32. The smallest absolute Gasteiger partial charge is 0.407 e. The number of ether oxygens (including phenoxy) is 1. The predicted octanol–water partition coefficient (Wildman–Crippen LogP) is 3.33. The summed E-state index contributed by atoms with van der Waals surface area (Å²) < 4.78 is 5.44. The number of nitrogens with zero attached hydrogens (tertiary/aromatic N) is 1. The van der Waals surface area contributed by atoms with Gasteiger partial charge in [-0.15, -0.1) is 0 Å². The number of amides is 1. The molecule has 1 aromatic rings. The minimum atomic E-state index is -0.777. The first-order valence-electron chi connectivity index (χ1n) is 7.24. The number of piperidine rings is 1. The molecule has 0 radical (unpaired) electrons. The Bertz CT molecular complexity index is 498. The summed E-state index contributed by atoms with van der Waals surface area (Å²) >= 11 is 0. The summed E-state index contributed by atoms with van der Waals surface area (Å²) in [5, 5.41) is 9.01. The number of carbonyl (C=O) groups is 1. The molecule has 1 aliphatic heterocycles. The van der Waals surface area contributed by atoms with Crippen LogP contribution in [0.25, 0.3) is 0 Å². The molecule has 1 spiro atoms. The van der Waals surface area contributed by atoms with Gasteiger partial charge in [0.25, 0.3) is 0 Å². The summed E-state index contributed by atoms with van der Waals surface area (Å²) in [7, 11) is 1.72. The number of para-hydroxylation sites is 1. The minimum Gasteiger partial charge on any atom is -0.496 e. The lowest BCUT2D eigenvalue weighted by atomic mass is 9.56. The second-order valence-corrected chi connectivity index (χ2v) is 6.12. The number of hydrogen-bond donors (Lipinski definition) is 1. The largest absolute Gasteiger partial charge is 0.496 e. The molecule has 4 nitrogen and oxygen atoms in total. The Morgan fingerprint density at radius 3 is 2.55 bits per heavy atom. The first-order valence-corrected chi connectivity index (χ1v) is 7.24. The fourth-order valence-electron chi connectivity index (χ4n) is 3.79. The molecule has 2 aliphatic rings. The first kappa shape index (κ1) is 13.3. The van der Waals surface area contributed by atoms with E-state index < -0.39 is 6.09 Å². The third-order valence-electron chi connectivity index (χ3n) is 5.03. The molecule has 3 rings (SSSR count). The van der Waals surface area contributed by atoms with Crippen LogP contribution in [0, 0.1) is 5.41 Å². The van der Waals surface area contributed by atoms with Crippen molar-refractivity contribution in [1.29, 1.82) is 0 Å². The Morgan fingerprint density at radius 1 is 1.30 bits per heavy atom. The summed E-state index contributed by atoms with van der Waals surface area (Å²) in [6.07, 6.45) is 3.57. The van der Waals surface area contributed by atoms with Gasteiger partial charge in [0, 0.05) is 13.1 Å². The van der Waals surface area contributed by atoms with Crippen molar-refractivity contribution >= 4 is 6.09 Å². The van der Waals surface area contributed by atoms with Gasteiger partial charge in [0.1, 0.15) is 5.75 Å². The zero-order valence-corrected chi connectivity index (χ0v) is 11.8. The molecule has 0 bridgehead atoms. The maximum absolute atomic E-state index is 11.0. The van der Waals surface area contributed by atoms with Crippen LogP contribution in [0.4, 0.5) is 4.79 Å². The second-order valence-electron chi connectivity index (χ2n) is 6.12. The highest BCUT2D eigenvalue weighted by Gasteiger charge is 2.47. The van der Waals surface area contributed by atoms with Gasteiger partial charge in [0.15, 0.2) is 0 Å². The first-order chi connectivity index (χ1) is 9.63. The van der Waals surface area contributed by atoms with E-state index in [0.29, 0.717) is 24.4 Å². The molecule has 1 saturated heterocycles. The van der Waals surface area contributed by atoms with Gasteiger partial charge in [0.05, 0.1) is 7.11 Å². The lowest BCUT2D eigenvalue weighted by Crippen LogP contribution is -2.47. The van der Waals surface area contributed by atoms with Crippen LogP contribution in [0.15, 0.2) is 24.3 Å². The molecular weight excluding hydrogens is 254 g/mol. The number of hydrogen-bond acceptors (Lipinski definition) is 2. The highest BCUT2D eigenvalue weighted by molar-refractivity contribution is 5.65. The van der Waals surface area contributed by atoms with Gasteiger partial charge in [-0.05, 0) is 48.6 Å². The highest BCUT2D eigenvalue weighted by atomic mass is 16.5. The van der Waals surface area contributed by atoms with Gasteiger partial charge in [-0.25, -0.2) is 4.79 Å². The Balaban J connectivity index is 1.63. The molecule has 1 amide bonds. The zero-order chi connectivity index (χ0) is 14.2. The average Bonchev–Trinajstić information content (AvgIpc) is 2.44. The Hall–Kier alpha value is -1.71. The molecule has 1 aliphatic carbocycles. The number of carboxylic acid groups (broad SMARTS) is 1. The molecule has 1 aromatic carbocycles. The topological polar surface area (TPSA) is 49.8 Å². The van der Waals surface area contributed by atoms with E-state index in [1.165, 1.54) is 18.4 Å². The van der Waals surface area contributed by atoms with E-state index >= 15 is 0 Å². The van der Waals surface area contributed by atoms with Crippen molar-refractivity contribution in [2.45, 2.75) is 31.6 Å². The van der Waals surface area contributed by atoms with Crippen molar-refractivity contribution in [1.82, 2.24) is 4.90 Å². The van der Waals surface area contributed by atoms with Crippen LogP contribution < -0.4 is 4.74 Å². The highest BCUT2D eigenvalue weighted by Crippen LogP contribution is 2.57. The number of benzene rings is 1. The second kappa shape index (κ2) is 5.00. The van der Waals surface area contributed by atoms with Crippen molar-refractivity contribution in [2.24, 2.45) is 5.41 Å². The van der Waals surface area contributed by atoms with Crippen molar-refractivity contribution in [2.75, 3.05) is 20.2 Å². The Morgan fingerprint density at radius 2 is 1.95 bits per heavy atom. The standard InChI is InChI=1S/C16H21NO3/c1-20-14-5-3-2-4-13(14)12-10-16(11-12)6-8-17(9-7-16)15(18)19/h2-5,12H,6-11H2,1H3,(H,18,19). The Labute approximate surface area is 119 Å². The summed E-state index contributed by atoms with van der Waals surface area (Å²) in [5.41, 5.74) is 1.68. The van der Waals surface area contributed by atoms with Crippen LogP contribution in [0.5, 0.6) is 5.75 Å². The third-order valence-corrected chi connectivity index (χ3v) is 5.03. The van der Waals surface area contributed by atoms with Crippen LogP contribution in [0.3, 0.4) is 0 Å². The molecule has 0 unspecified atom stereocenters. The van der Waals surface area contributed by atoms with Crippen molar-refractivity contribution in [3.05, 3.63) is 29.8 Å². The van der Waals surface area contributed by atoms with Gasteiger partial charge < -0.3 is 14.7 Å². The summed E-state index contributed by atoms with van der Waals surface area (Å²) in [5.74, 6) is 1.55. The van der Waals surface area contributed by atoms with E-state index in [1.807, 2.05) is 12.1 Å². The van der Waals surface area contributed by atoms with Gasteiger partial charge >= 0.3 is 6.09 Å². The van der Waals surface area contributed by atoms with Crippen molar-refractivity contribution in [3.8, 4) is 5.75 Å². The van der Waals surface area contributed by atoms with Crippen LogP contribution >= 0.6 is 0 Å². The summed E-state index contributed by atoms with van der Waals surface area (Å²) in [6.45, 7) is 1.38. The maximum atomic E-state index is 11.0. The molecule has 0 atom stereocenters. The molecular formula is C16H21NO3. The van der Waals surface area contributed by atoms with Crippen molar-refractivity contribution in [3.63, 3.8) is 0 Å². The quantitative estimate of drug-likeness (QED) is 0.900. The molecule has 108 valence electrons. The number of rotatable bonds is 2. The monoisotopic (exact) mass is 275 g/mol. The lowest BCUT2D eigenvalue weighted by molar-refractivity contribution is 0.0183. The predicted molar refractivity (Wildman–Crippen MR) is 76.2 cm³/mol. The van der Waals surface area contributed by atoms with Crippen LogP contribution in [0.1, 0.15) is 37.2 Å². The number of likely N-dealkylation sites (tertiary alicyclic amines) is 1. The van der Waals surface area contributed by atoms with Crippen LogP contribution in [-0.2, 0) is 0 Å². The third kappa shape index (κ3) is 2.23. The van der Waals surface area contributed by atoms with Crippen LogP contribution in [-0.4, -0.2) is 36.3 Å². The van der Waals surface area contributed by atoms with Gasteiger partial charge in [0.2, 0.25) is 0 Å². The summed E-state index contributed by atoms with van der Waals surface area (Å²) in [4.78, 5) is 12.5. The van der Waals surface area contributed by atoms with Gasteiger partial charge in [-0.2, -0.15) is 0 Å². The van der Waals surface area contributed by atoms with E-state index in [-0.39, 0.29) is 0 Å². The van der Waals surface area contributed by atoms with E-state index in [4.69, 9.17) is 9.84 Å². The fourth-order valence-corrected chi connectivity index (χ4v) is 3.79.